The molecule has 0 amide bonds. The topological polar surface area (TPSA) is 34.9 Å². The van der Waals surface area contributed by atoms with E-state index in [0.717, 1.165) is 14.9 Å². The number of benzene rings is 1. The molecule has 0 aliphatic heterocycles. The van der Waals surface area contributed by atoms with E-state index in [9.17, 15) is 4.79 Å². The minimum Gasteiger partial charge on any atom is -0.287 e. The number of aromatic nitrogens is 2. The zero-order chi connectivity index (χ0) is 13.1. The van der Waals surface area contributed by atoms with E-state index in [1.165, 1.54) is 0 Å². The Kier molecular flexibility index (Phi) is 4.24. The second kappa shape index (κ2) is 5.71. The summed E-state index contributed by atoms with van der Waals surface area (Å²) in [5.74, 6) is 0.00572. The lowest BCUT2D eigenvalue weighted by molar-refractivity contribution is 0.102. The molecule has 1 aromatic carbocycles. The molecule has 0 atom stereocenters. The molecule has 0 spiro atoms. The van der Waals surface area contributed by atoms with Crippen LogP contribution in [0.2, 0.25) is 0 Å². The van der Waals surface area contributed by atoms with Crippen LogP contribution in [0.5, 0.6) is 0 Å². The molecule has 1 aromatic heterocycles. The average molecular weight is 325 g/mol. The first kappa shape index (κ1) is 13.4. The number of ketones is 1. The maximum Gasteiger partial charge on any atom is 0.213 e. The first-order valence-electron chi connectivity index (χ1n) is 5.58. The highest BCUT2D eigenvalue weighted by atomic mass is 79.9. The molecule has 2 rings (SSSR count). The number of halogens is 1. The summed E-state index contributed by atoms with van der Waals surface area (Å²) in [6, 6.07) is 7.63. The lowest BCUT2D eigenvalue weighted by Gasteiger charge is -2.08. The predicted molar refractivity (Wildman–Crippen MR) is 77.3 cm³/mol. The summed E-state index contributed by atoms with van der Waals surface area (Å²) in [6.07, 6.45) is 3.64. The van der Waals surface area contributed by atoms with Crippen molar-refractivity contribution in [2.45, 2.75) is 18.4 Å². The lowest BCUT2D eigenvalue weighted by Crippen LogP contribution is -2.12. The highest BCUT2D eigenvalue weighted by Crippen LogP contribution is 2.25. The van der Waals surface area contributed by atoms with Gasteiger partial charge in [0.05, 0.1) is 10.7 Å². The van der Waals surface area contributed by atoms with E-state index < -0.39 is 0 Å². The molecule has 18 heavy (non-hydrogen) atoms. The molecule has 0 radical (unpaired) electrons. The Hall–Kier alpha value is -1.07. The standard InChI is InChI=1S/C13H13BrN2OS/c1-3-16-12(10(14)8-15-16)13(17)9-6-4-5-7-11(9)18-2/h4-8H,3H2,1-2H3. The molecule has 0 N–H and O–H groups in total. The molecule has 0 bridgehead atoms. The van der Waals surface area contributed by atoms with E-state index in [1.54, 1.807) is 22.6 Å². The Morgan fingerprint density at radius 3 is 2.83 bits per heavy atom. The fraction of sp³-hybridized carbons (Fsp3) is 0.231. The molecule has 0 fully saturated rings. The van der Waals surface area contributed by atoms with Crippen molar-refractivity contribution in [3.8, 4) is 0 Å². The van der Waals surface area contributed by atoms with Crippen molar-refractivity contribution in [3.05, 3.63) is 46.2 Å². The molecule has 0 aliphatic carbocycles. The third kappa shape index (κ3) is 2.37. The zero-order valence-corrected chi connectivity index (χ0v) is 12.6. The van der Waals surface area contributed by atoms with Crippen molar-refractivity contribution in [3.63, 3.8) is 0 Å². The van der Waals surface area contributed by atoms with Crippen LogP contribution < -0.4 is 0 Å². The van der Waals surface area contributed by atoms with E-state index in [0.29, 0.717) is 12.2 Å². The molecule has 0 saturated heterocycles. The van der Waals surface area contributed by atoms with Gasteiger partial charge in [0.15, 0.2) is 0 Å². The fourth-order valence-electron chi connectivity index (χ4n) is 1.79. The summed E-state index contributed by atoms with van der Waals surface area (Å²) >= 11 is 4.97. The molecular formula is C13H13BrN2OS. The van der Waals surface area contributed by atoms with Crippen molar-refractivity contribution < 1.29 is 4.79 Å². The summed E-state index contributed by atoms with van der Waals surface area (Å²) in [5, 5.41) is 4.18. The van der Waals surface area contributed by atoms with Gasteiger partial charge in [-0.15, -0.1) is 11.8 Å². The number of carbonyl (C=O) groups is 1. The number of thioether (sulfide) groups is 1. The molecule has 94 valence electrons. The van der Waals surface area contributed by atoms with Crippen LogP contribution in [0.15, 0.2) is 39.8 Å². The minimum absolute atomic E-state index is 0.00572. The third-order valence-corrected chi connectivity index (χ3v) is 4.04. The normalized spacial score (nSPS) is 10.6. The van der Waals surface area contributed by atoms with Crippen molar-refractivity contribution >= 4 is 33.5 Å². The zero-order valence-electron chi connectivity index (χ0n) is 10.2. The molecule has 0 aliphatic rings. The molecule has 2 aromatic rings. The molecule has 0 unspecified atom stereocenters. The average Bonchev–Trinajstić information content (AvgIpc) is 2.79. The summed E-state index contributed by atoms with van der Waals surface area (Å²) in [6.45, 7) is 2.64. The van der Waals surface area contributed by atoms with Crippen LogP contribution in [0.1, 0.15) is 23.0 Å². The number of aryl methyl sites for hydroxylation is 1. The Morgan fingerprint density at radius 2 is 2.17 bits per heavy atom. The van der Waals surface area contributed by atoms with E-state index >= 15 is 0 Å². The highest BCUT2D eigenvalue weighted by Gasteiger charge is 2.20. The first-order valence-corrected chi connectivity index (χ1v) is 7.59. The van der Waals surface area contributed by atoms with Crippen LogP contribution in [0, 0.1) is 0 Å². The molecule has 5 heteroatoms. The van der Waals surface area contributed by atoms with Gasteiger partial charge in [0.2, 0.25) is 5.78 Å². The molecule has 0 saturated carbocycles. The first-order chi connectivity index (χ1) is 8.69. The molecular weight excluding hydrogens is 312 g/mol. The summed E-state index contributed by atoms with van der Waals surface area (Å²) in [5.41, 5.74) is 1.33. The van der Waals surface area contributed by atoms with Gasteiger partial charge in [0.25, 0.3) is 0 Å². The minimum atomic E-state index is 0.00572. The van der Waals surface area contributed by atoms with Crippen molar-refractivity contribution in [1.29, 1.82) is 0 Å². The quantitative estimate of drug-likeness (QED) is 0.636. The maximum absolute atomic E-state index is 12.6. The molecule has 3 nitrogen and oxygen atoms in total. The van der Waals surface area contributed by atoms with E-state index in [4.69, 9.17) is 0 Å². The fourth-order valence-corrected chi connectivity index (χ4v) is 2.86. The van der Waals surface area contributed by atoms with Crippen LogP contribution in [0.4, 0.5) is 0 Å². The highest BCUT2D eigenvalue weighted by molar-refractivity contribution is 9.10. The van der Waals surface area contributed by atoms with Crippen molar-refractivity contribution in [2.24, 2.45) is 0 Å². The van der Waals surface area contributed by atoms with Gasteiger partial charge in [-0.2, -0.15) is 5.10 Å². The number of carbonyl (C=O) groups excluding carboxylic acids is 1. The number of nitrogens with zero attached hydrogens (tertiary/aromatic N) is 2. The Balaban J connectivity index is 2.51. The van der Waals surface area contributed by atoms with Gasteiger partial charge >= 0.3 is 0 Å². The van der Waals surface area contributed by atoms with Crippen LogP contribution in [-0.2, 0) is 6.54 Å². The van der Waals surface area contributed by atoms with Crippen molar-refractivity contribution in [2.75, 3.05) is 6.26 Å². The Bertz CT molecular complexity index is 580. The van der Waals surface area contributed by atoms with Gasteiger partial charge in [-0.1, -0.05) is 12.1 Å². The smallest absolute Gasteiger partial charge is 0.213 e. The van der Waals surface area contributed by atoms with Crippen molar-refractivity contribution in [1.82, 2.24) is 9.78 Å². The van der Waals surface area contributed by atoms with Gasteiger partial charge < -0.3 is 0 Å². The van der Waals surface area contributed by atoms with Gasteiger partial charge in [0, 0.05) is 17.0 Å². The van der Waals surface area contributed by atoms with E-state index in [2.05, 4.69) is 21.0 Å². The van der Waals surface area contributed by atoms with E-state index in [-0.39, 0.29) is 5.78 Å². The predicted octanol–water partition coefficient (Wildman–Crippen LogP) is 3.62. The molecule has 1 heterocycles. The number of rotatable bonds is 4. The summed E-state index contributed by atoms with van der Waals surface area (Å²) in [7, 11) is 0. The van der Waals surface area contributed by atoms with Crippen LogP contribution in [0.25, 0.3) is 0 Å². The van der Waals surface area contributed by atoms with E-state index in [1.807, 2.05) is 37.4 Å². The SMILES string of the molecule is CCn1ncc(Br)c1C(=O)c1ccccc1SC. The number of hydrogen-bond acceptors (Lipinski definition) is 3. The Labute approximate surface area is 119 Å². The summed E-state index contributed by atoms with van der Waals surface area (Å²) in [4.78, 5) is 13.6. The van der Waals surface area contributed by atoms with Gasteiger partial charge in [0.1, 0.15) is 5.69 Å². The van der Waals surface area contributed by atoms with Crippen LogP contribution >= 0.6 is 27.7 Å². The number of hydrogen-bond donors (Lipinski definition) is 0. The van der Waals surface area contributed by atoms with Gasteiger partial charge in [-0.3, -0.25) is 9.48 Å². The van der Waals surface area contributed by atoms with Crippen LogP contribution in [-0.4, -0.2) is 21.8 Å². The third-order valence-electron chi connectivity index (χ3n) is 2.66. The van der Waals surface area contributed by atoms with Crippen LogP contribution in [0.3, 0.4) is 0 Å². The van der Waals surface area contributed by atoms with Gasteiger partial charge in [-0.05, 0) is 41.2 Å². The Morgan fingerprint density at radius 1 is 1.44 bits per heavy atom. The second-order valence-corrected chi connectivity index (χ2v) is 5.39. The maximum atomic E-state index is 12.6. The van der Waals surface area contributed by atoms with Gasteiger partial charge in [-0.25, -0.2) is 0 Å². The summed E-state index contributed by atoms with van der Waals surface area (Å²) < 4.78 is 2.45. The monoisotopic (exact) mass is 324 g/mol. The largest absolute Gasteiger partial charge is 0.287 e. The second-order valence-electron chi connectivity index (χ2n) is 3.69. The lowest BCUT2D eigenvalue weighted by atomic mass is 10.1.